The first-order valence-electron chi connectivity index (χ1n) is 32.6. The smallest absolute Gasteiger partial charge is 0.306 e. The SMILES string of the molecule is CC\C=C/C=C/C=C/C=C\C=C\C=C\CCCCCC(=O)OC1C(OCC(NC(=O)C(O)CCCCCCCCCCCCCC/C=C/CCCCCCCC)C(O)/C=C/CCCCCCCCCCCC)OC(CO)C(O)C1O. The summed E-state index contributed by atoms with van der Waals surface area (Å²) in [6, 6.07) is -1.04. The van der Waals surface area contributed by atoms with Gasteiger partial charge in [0, 0.05) is 6.42 Å². The Kier molecular flexibility index (Phi) is 52.3. The van der Waals surface area contributed by atoms with Crippen molar-refractivity contribution in [2.24, 2.45) is 0 Å². The van der Waals surface area contributed by atoms with Crippen LogP contribution in [0.1, 0.15) is 265 Å². The molecule has 0 aliphatic carbocycles. The number of unbranched alkanes of at least 4 members (excludes halogenated alkanes) is 31. The number of ether oxygens (including phenoxy) is 3. The van der Waals surface area contributed by atoms with Gasteiger partial charge in [-0.1, -0.05) is 285 Å². The van der Waals surface area contributed by atoms with Crippen LogP contribution < -0.4 is 5.32 Å². The van der Waals surface area contributed by atoms with Crippen molar-refractivity contribution in [2.45, 2.75) is 314 Å². The van der Waals surface area contributed by atoms with Crippen LogP contribution in [0.5, 0.6) is 0 Å². The van der Waals surface area contributed by atoms with Gasteiger partial charge in [0.15, 0.2) is 12.4 Å². The van der Waals surface area contributed by atoms with Gasteiger partial charge in [-0.05, 0) is 70.6 Å². The van der Waals surface area contributed by atoms with Gasteiger partial charge in [0.25, 0.3) is 0 Å². The van der Waals surface area contributed by atoms with Gasteiger partial charge in [-0.2, -0.15) is 0 Å². The Morgan fingerprint density at radius 3 is 1.39 bits per heavy atom. The second-order valence-corrected chi connectivity index (χ2v) is 22.3. The molecule has 0 aromatic carbocycles. The van der Waals surface area contributed by atoms with E-state index in [0.29, 0.717) is 12.8 Å². The Hall–Kier alpha value is -3.42. The van der Waals surface area contributed by atoms with Crippen LogP contribution in [0.4, 0.5) is 0 Å². The molecule has 1 fully saturated rings. The normalized spacial score (nSPS) is 19.4. The molecule has 0 saturated carbocycles. The Balaban J connectivity index is 2.66. The summed E-state index contributed by atoms with van der Waals surface area (Å²) in [7, 11) is 0. The number of hydrogen-bond acceptors (Lipinski definition) is 10. The predicted octanol–water partition coefficient (Wildman–Crippen LogP) is 15.9. The molecule has 1 aliphatic heterocycles. The number of carbonyl (C=O) groups is 2. The van der Waals surface area contributed by atoms with E-state index in [2.05, 4.69) is 50.4 Å². The van der Waals surface area contributed by atoms with E-state index in [4.69, 9.17) is 14.2 Å². The van der Waals surface area contributed by atoms with E-state index in [1.807, 2.05) is 66.8 Å². The lowest BCUT2D eigenvalue weighted by Gasteiger charge is -2.41. The highest BCUT2D eigenvalue weighted by Crippen LogP contribution is 2.26. The van der Waals surface area contributed by atoms with Gasteiger partial charge in [0.2, 0.25) is 5.91 Å². The highest BCUT2D eigenvalue weighted by atomic mass is 16.7. The van der Waals surface area contributed by atoms with E-state index in [1.54, 1.807) is 6.08 Å². The minimum atomic E-state index is -1.64. The first kappa shape index (κ1) is 74.6. The number of amides is 1. The van der Waals surface area contributed by atoms with Crippen molar-refractivity contribution in [2.75, 3.05) is 13.2 Å². The van der Waals surface area contributed by atoms with Crippen molar-refractivity contribution in [3.05, 3.63) is 97.2 Å². The fourth-order valence-corrected chi connectivity index (χ4v) is 9.74. The summed E-state index contributed by atoms with van der Waals surface area (Å²) in [5.41, 5.74) is 0. The standard InChI is InChI=1S/C69H119NO10/c1-4-7-10-13-16-19-22-25-27-29-30-31-32-33-35-36-38-41-44-47-50-53-56-62(73)68(77)70-60(61(72)55-52-49-46-43-40-24-21-18-15-12-9-6-3)59-78-69-67(66(76)65(75)63(58-71)79-69)80-64(74)57-54-51-48-45-42-39-37-34-28-26-23-20-17-14-11-8-5-2/h8,11,14,17,20,23,25-28,34,37,39,42,52,55,60-63,65-67,69,71-73,75-76H,4-7,9-10,12-13,15-16,18-19,21-22,24,29-33,35-36,38,40-41,43-51,53-54,56-59H2,1-3H3,(H,70,77)/b11-8-,17-14+,23-20+,27-25+,28-26-,37-34+,42-39+,55-52+. The topological polar surface area (TPSA) is 175 Å². The Morgan fingerprint density at radius 1 is 0.500 bits per heavy atom. The van der Waals surface area contributed by atoms with Crippen LogP contribution in [0.25, 0.3) is 0 Å². The van der Waals surface area contributed by atoms with Crippen molar-refractivity contribution in [3.63, 3.8) is 0 Å². The molecule has 0 bridgehead atoms. The quantitative estimate of drug-likeness (QED) is 0.0149. The number of hydrogen-bond donors (Lipinski definition) is 6. The lowest BCUT2D eigenvalue weighted by Crippen LogP contribution is -2.61. The van der Waals surface area contributed by atoms with Crippen molar-refractivity contribution < 1.29 is 49.3 Å². The van der Waals surface area contributed by atoms with Gasteiger partial charge >= 0.3 is 5.97 Å². The zero-order chi connectivity index (χ0) is 58.2. The summed E-state index contributed by atoms with van der Waals surface area (Å²) in [6.45, 7) is 5.62. The molecule has 8 atom stereocenters. The summed E-state index contributed by atoms with van der Waals surface area (Å²) in [5, 5.41) is 57.1. The third-order valence-corrected chi connectivity index (χ3v) is 14.9. The van der Waals surface area contributed by atoms with Gasteiger partial charge in [0.05, 0.1) is 25.4 Å². The zero-order valence-corrected chi connectivity index (χ0v) is 50.9. The lowest BCUT2D eigenvalue weighted by molar-refractivity contribution is -0.305. The van der Waals surface area contributed by atoms with E-state index in [1.165, 1.54) is 154 Å². The molecule has 6 N–H and O–H groups in total. The third kappa shape index (κ3) is 43.3. The summed E-state index contributed by atoms with van der Waals surface area (Å²) >= 11 is 0. The van der Waals surface area contributed by atoms with E-state index < -0.39 is 67.4 Å². The maximum absolute atomic E-state index is 13.5. The first-order chi connectivity index (χ1) is 39.2. The summed E-state index contributed by atoms with van der Waals surface area (Å²) in [4.78, 5) is 26.6. The fraction of sp³-hybridized carbons (Fsp3) is 0.739. The molecule has 11 heteroatoms. The molecule has 0 aromatic heterocycles. The molecule has 1 saturated heterocycles. The number of aliphatic hydroxyl groups excluding tert-OH is 5. The second-order valence-electron chi connectivity index (χ2n) is 22.3. The molecule has 8 unspecified atom stereocenters. The minimum absolute atomic E-state index is 0.0682. The fourth-order valence-electron chi connectivity index (χ4n) is 9.74. The summed E-state index contributed by atoms with van der Waals surface area (Å²) in [5.74, 6) is -1.24. The van der Waals surface area contributed by atoms with Crippen LogP contribution in [0.3, 0.4) is 0 Å². The largest absolute Gasteiger partial charge is 0.454 e. The number of aliphatic hydroxyl groups is 5. The van der Waals surface area contributed by atoms with E-state index in [9.17, 15) is 35.1 Å². The molecule has 0 radical (unpaired) electrons. The summed E-state index contributed by atoms with van der Waals surface area (Å²) in [6.07, 6.45) is 64.4. The van der Waals surface area contributed by atoms with Crippen molar-refractivity contribution in [3.8, 4) is 0 Å². The maximum Gasteiger partial charge on any atom is 0.306 e. The van der Waals surface area contributed by atoms with Crippen molar-refractivity contribution in [1.82, 2.24) is 5.32 Å². The molecule has 1 rings (SSSR count). The van der Waals surface area contributed by atoms with Crippen LogP contribution in [0, 0.1) is 0 Å². The number of allylic oxidation sites excluding steroid dienone is 15. The Labute approximate surface area is 488 Å². The molecule has 1 heterocycles. The van der Waals surface area contributed by atoms with E-state index >= 15 is 0 Å². The zero-order valence-electron chi connectivity index (χ0n) is 50.9. The van der Waals surface area contributed by atoms with Gasteiger partial charge < -0.3 is 45.1 Å². The lowest BCUT2D eigenvalue weighted by atomic mass is 9.99. The van der Waals surface area contributed by atoms with Crippen LogP contribution >= 0.6 is 0 Å². The minimum Gasteiger partial charge on any atom is -0.454 e. The molecule has 460 valence electrons. The maximum atomic E-state index is 13.5. The van der Waals surface area contributed by atoms with Gasteiger partial charge in [-0.3, -0.25) is 9.59 Å². The van der Waals surface area contributed by atoms with E-state index in [0.717, 1.165) is 64.2 Å². The van der Waals surface area contributed by atoms with Crippen LogP contribution in [0.15, 0.2) is 97.2 Å². The molecule has 0 spiro atoms. The highest BCUT2D eigenvalue weighted by Gasteiger charge is 2.47. The number of nitrogens with one attached hydrogen (secondary N) is 1. The van der Waals surface area contributed by atoms with Gasteiger partial charge in [-0.15, -0.1) is 0 Å². The number of rotatable bonds is 54. The Morgan fingerprint density at radius 2 is 0.912 bits per heavy atom. The first-order valence-corrected chi connectivity index (χ1v) is 32.6. The summed E-state index contributed by atoms with van der Waals surface area (Å²) < 4.78 is 17.6. The number of esters is 1. The predicted molar refractivity (Wildman–Crippen MR) is 333 cm³/mol. The third-order valence-electron chi connectivity index (χ3n) is 14.9. The van der Waals surface area contributed by atoms with Gasteiger partial charge in [0.1, 0.15) is 24.4 Å². The van der Waals surface area contributed by atoms with Gasteiger partial charge in [-0.25, -0.2) is 0 Å². The Bertz CT molecular complexity index is 1670. The molecule has 0 aromatic rings. The van der Waals surface area contributed by atoms with Crippen LogP contribution in [0.2, 0.25) is 0 Å². The molecule has 11 nitrogen and oxygen atoms in total. The molecule has 1 aliphatic rings. The second kappa shape index (κ2) is 56.1. The average molecular weight is 1120 g/mol. The van der Waals surface area contributed by atoms with Crippen LogP contribution in [-0.4, -0.2) is 99.6 Å². The van der Waals surface area contributed by atoms with E-state index in [-0.39, 0.29) is 19.4 Å². The molecular formula is C69H119NO10. The van der Waals surface area contributed by atoms with Crippen molar-refractivity contribution in [1.29, 1.82) is 0 Å². The van der Waals surface area contributed by atoms with Crippen molar-refractivity contribution >= 4 is 11.9 Å². The monoisotopic (exact) mass is 1120 g/mol. The number of carbonyl (C=O) groups excluding carboxylic acids is 2. The molecular weight excluding hydrogens is 1000 g/mol. The molecule has 80 heavy (non-hydrogen) atoms. The van der Waals surface area contributed by atoms with Crippen LogP contribution in [-0.2, 0) is 23.8 Å². The molecule has 1 amide bonds. The average Bonchev–Trinajstić information content (AvgIpc) is 3.45. The highest BCUT2D eigenvalue weighted by molar-refractivity contribution is 5.80.